The second-order valence-corrected chi connectivity index (χ2v) is 10.3. The van der Waals surface area contributed by atoms with Gasteiger partial charge in [0.2, 0.25) is 0 Å². The van der Waals surface area contributed by atoms with Gasteiger partial charge >= 0.3 is 6.09 Å². The predicted molar refractivity (Wildman–Crippen MR) is 141 cm³/mol. The molecule has 5 N–H and O–H groups in total. The fourth-order valence-corrected chi connectivity index (χ4v) is 3.80. The number of ether oxygens (including phenoxy) is 1. The zero-order valence-electron chi connectivity index (χ0n) is 21.8. The third-order valence-corrected chi connectivity index (χ3v) is 5.70. The summed E-state index contributed by atoms with van der Waals surface area (Å²) >= 11 is 0. The summed E-state index contributed by atoms with van der Waals surface area (Å²) in [4.78, 5) is 23.2. The van der Waals surface area contributed by atoms with Crippen molar-refractivity contribution in [1.29, 1.82) is 5.41 Å². The van der Waals surface area contributed by atoms with Crippen LogP contribution in [0.1, 0.15) is 46.6 Å². The van der Waals surface area contributed by atoms with Gasteiger partial charge in [0.15, 0.2) is 0 Å². The lowest BCUT2D eigenvalue weighted by molar-refractivity contribution is 0.0293. The highest BCUT2D eigenvalue weighted by Gasteiger charge is 2.30. The van der Waals surface area contributed by atoms with Crippen LogP contribution in [0.3, 0.4) is 0 Å². The maximum absolute atomic E-state index is 14.9. The SMILES string of the molecule is CC(C)C1N=C(/C=C\C(N)=C(\C=N)C(=NC2CCN(C(=O)OC(C)(C)C)C2)c2ccc(F)cc2F)NN1. The number of halogens is 2. The average molecular weight is 516 g/mol. The van der Waals surface area contributed by atoms with Gasteiger partial charge in [-0.3, -0.25) is 4.99 Å². The molecule has 0 aromatic heterocycles. The van der Waals surface area contributed by atoms with Crippen LogP contribution in [-0.4, -0.2) is 59.7 Å². The first-order valence-corrected chi connectivity index (χ1v) is 12.2. The summed E-state index contributed by atoms with van der Waals surface area (Å²) in [6, 6.07) is 2.76. The maximum atomic E-state index is 14.9. The van der Waals surface area contributed by atoms with Crippen LogP contribution in [0.5, 0.6) is 0 Å². The molecule has 200 valence electrons. The highest BCUT2D eigenvalue weighted by Crippen LogP contribution is 2.22. The van der Waals surface area contributed by atoms with Crippen LogP contribution < -0.4 is 16.6 Å². The summed E-state index contributed by atoms with van der Waals surface area (Å²) in [6.45, 7) is 10.1. The zero-order valence-corrected chi connectivity index (χ0v) is 21.8. The molecule has 2 atom stereocenters. The lowest BCUT2D eigenvalue weighted by Gasteiger charge is -2.24. The van der Waals surface area contributed by atoms with Crippen LogP contribution in [0.15, 0.2) is 51.6 Å². The van der Waals surface area contributed by atoms with Crippen LogP contribution in [0, 0.1) is 23.0 Å². The minimum absolute atomic E-state index is 0.00448. The van der Waals surface area contributed by atoms with Gasteiger partial charge in [0.05, 0.1) is 11.8 Å². The van der Waals surface area contributed by atoms with Crippen molar-refractivity contribution in [3.8, 4) is 0 Å². The van der Waals surface area contributed by atoms with Crippen molar-refractivity contribution in [3.63, 3.8) is 0 Å². The Bertz CT molecular complexity index is 1150. The molecule has 2 unspecified atom stereocenters. The summed E-state index contributed by atoms with van der Waals surface area (Å²) in [7, 11) is 0. The second-order valence-electron chi connectivity index (χ2n) is 10.3. The van der Waals surface area contributed by atoms with Crippen molar-refractivity contribution >= 4 is 23.9 Å². The standard InChI is InChI=1S/C26H35F2N7O2/c1-15(2)24-32-22(33-34-24)9-8-21(30)19(13-29)23(18-7-6-16(27)12-20(18)28)31-17-10-11-35(14-17)25(36)37-26(3,4)5/h6-9,12-13,15,17,24,29,34H,10-11,14,30H2,1-5H3,(H,32,33)/b9-8-,21-19+,29-13?,31-23?. The molecule has 1 saturated heterocycles. The number of hydrogen-bond donors (Lipinski definition) is 4. The molecule has 37 heavy (non-hydrogen) atoms. The number of allylic oxidation sites excluding steroid dienone is 2. The molecular formula is C26H35F2N7O2. The predicted octanol–water partition coefficient (Wildman–Crippen LogP) is 3.67. The molecule has 3 rings (SSSR count). The summed E-state index contributed by atoms with van der Waals surface area (Å²) in [6.07, 6.45) is 4.15. The molecule has 0 aliphatic carbocycles. The normalized spacial score (nSPS) is 21.2. The summed E-state index contributed by atoms with van der Waals surface area (Å²) in [5.41, 5.74) is 12.1. The summed E-state index contributed by atoms with van der Waals surface area (Å²) in [5.74, 6) is -0.734. The van der Waals surface area contributed by atoms with E-state index in [0.29, 0.717) is 18.8 Å². The van der Waals surface area contributed by atoms with Crippen molar-refractivity contribution in [2.45, 2.75) is 58.8 Å². The number of hydrazine groups is 1. The summed E-state index contributed by atoms with van der Waals surface area (Å²) < 4.78 is 34.0. The number of nitrogens with zero attached hydrogens (tertiary/aromatic N) is 3. The van der Waals surface area contributed by atoms with Crippen molar-refractivity contribution in [2.75, 3.05) is 13.1 Å². The van der Waals surface area contributed by atoms with Gasteiger partial charge in [-0.05, 0) is 57.4 Å². The van der Waals surface area contributed by atoms with E-state index in [4.69, 9.17) is 20.9 Å². The van der Waals surface area contributed by atoms with Crippen molar-refractivity contribution in [2.24, 2.45) is 21.6 Å². The van der Waals surface area contributed by atoms with Gasteiger partial charge in [0, 0.05) is 42.2 Å². The molecule has 1 amide bonds. The molecular weight excluding hydrogens is 480 g/mol. The molecule has 2 heterocycles. The Morgan fingerprint density at radius 2 is 2.08 bits per heavy atom. The third-order valence-electron chi connectivity index (χ3n) is 5.70. The van der Waals surface area contributed by atoms with E-state index in [1.807, 2.05) is 13.8 Å². The first kappa shape index (κ1) is 28.0. The van der Waals surface area contributed by atoms with E-state index in [2.05, 4.69) is 15.8 Å². The molecule has 0 spiro atoms. The zero-order chi connectivity index (χ0) is 27.3. The Morgan fingerprint density at radius 1 is 1.35 bits per heavy atom. The van der Waals surface area contributed by atoms with E-state index in [0.717, 1.165) is 18.3 Å². The molecule has 0 radical (unpaired) electrons. The van der Waals surface area contributed by atoms with E-state index in [1.54, 1.807) is 32.9 Å². The first-order valence-electron chi connectivity index (χ1n) is 12.2. The lowest BCUT2D eigenvalue weighted by Crippen LogP contribution is -2.36. The smallest absolute Gasteiger partial charge is 0.410 e. The number of benzene rings is 1. The monoisotopic (exact) mass is 515 g/mol. The number of hydrogen-bond acceptors (Lipinski definition) is 8. The average Bonchev–Trinajstić information content (AvgIpc) is 3.46. The van der Waals surface area contributed by atoms with E-state index < -0.39 is 29.4 Å². The quantitative estimate of drug-likeness (QED) is 0.325. The topological polar surface area (TPSA) is 128 Å². The molecule has 1 aromatic carbocycles. The Balaban J connectivity index is 1.95. The van der Waals surface area contributed by atoms with Gasteiger partial charge in [-0.2, -0.15) is 0 Å². The lowest BCUT2D eigenvalue weighted by atomic mass is 9.99. The number of likely N-dealkylation sites (tertiary alicyclic amines) is 1. The number of nitrogens with one attached hydrogen (secondary N) is 3. The highest BCUT2D eigenvalue weighted by atomic mass is 19.1. The van der Waals surface area contributed by atoms with E-state index in [1.165, 1.54) is 11.0 Å². The molecule has 2 aliphatic rings. The van der Waals surface area contributed by atoms with Crippen LogP contribution in [0.25, 0.3) is 0 Å². The molecule has 9 nitrogen and oxygen atoms in total. The fourth-order valence-electron chi connectivity index (χ4n) is 3.80. The number of rotatable bonds is 7. The Morgan fingerprint density at radius 3 is 2.68 bits per heavy atom. The van der Waals surface area contributed by atoms with Gasteiger partial charge in [-0.15, -0.1) is 0 Å². The number of amides is 1. The van der Waals surface area contributed by atoms with Gasteiger partial charge in [-0.25, -0.2) is 24.0 Å². The van der Waals surface area contributed by atoms with E-state index >= 15 is 0 Å². The second kappa shape index (κ2) is 11.6. The van der Waals surface area contributed by atoms with Crippen LogP contribution in [-0.2, 0) is 4.74 Å². The van der Waals surface area contributed by atoms with E-state index in [9.17, 15) is 13.6 Å². The fraction of sp³-hybridized carbons (Fsp3) is 0.462. The minimum atomic E-state index is -0.831. The Labute approximate surface area is 216 Å². The van der Waals surface area contributed by atoms with Gasteiger partial charge in [0.25, 0.3) is 0 Å². The first-order chi connectivity index (χ1) is 17.4. The molecule has 2 aliphatic heterocycles. The Hall–Kier alpha value is -3.60. The highest BCUT2D eigenvalue weighted by molar-refractivity contribution is 6.24. The maximum Gasteiger partial charge on any atom is 0.410 e. The number of amidine groups is 1. The number of nitrogens with two attached hydrogens (primary N) is 1. The molecule has 0 bridgehead atoms. The molecule has 1 fully saturated rings. The van der Waals surface area contributed by atoms with E-state index in [-0.39, 0.29) is 41.2 Å². The largest absolute Gasteiger partial charge is 0.444 e. The van der Waals surface area contributed by atoms with Gasteiger partial charge < -0.3 is 26.2 Å². The number of carbonyl (C=O) groups excluding carboxylic acids is 1. The summed E-state index contributed by atoms with van der Waals surface area (Å²) in [5, 5.41) is 8.02. The van der Waals surface area contributed by atoms with Crippen molar-refractivity contribution in [3.05, 3.63) is 58.8 Å². The van der Waals surface area contributed by atoms with Gasteiger partial charge in [0.1, 0.15) is 29.2 Å². The van der Waals surface area contributed by atoms with Crippen LogP contribution in [0.2, 0.25) is 0 Å². The third kappa shape index (κ3) is 7.45. The van der Waals surface area contributed by atoms with Crippen molar-refractivity contribution in [1.82, 2.24) is 15.8 Å². The van der Waals surface area contributed by atoms with Crippen LogP contribution in [0.4, 0.5) is 13.6 Å². The minimum Gasteiger partial charge on any atom is -0.444 e. The molecule has 1 aromatic rings. The Kier molecular flexibility index (Phi) is 8.80. The van der Waals surface area contributed by atoms with Crippen molar-refractivity contribution < 1.29 is 18.3 Å². The molecule has 11 heteroatoms. The number of aliphatic imine (C=N–C) groups is 2. The van der Waals surface area contributed by atoms with Gasteiger partial charge in [-0.1, -0.05) is 13.8 Å². The molecule has 0 saturated carbocycles. The van der Waals surface area contributed by atoms with Crippen LogP contribution >= 0.6 is 0 Å². The number of carbonyl (C=O) groups is 1.